The average Bonchev–Trinajstić information content (AvgIpc) is 2.96. The number of nitrogens with zero attached hydrogens (tertiary/aromatic N) is 5. The first kappa shape index (κ1) is 16.8. The molecule has 1 heterocycles. The molecule has 0 spiro atoms. The molecule has 1 aromatic heterocycles. The fourth-order valence-corrected chi connectivity index (χ4v) is 2.10. The summed E-state index contributed by atoms with van der Waals surface area (Å²) in [5, 5.41) is 27.6. The number of carbonyl (C=O) groups is 1. The number of phenolic OH excluding ortho intramolecular Hbond substituents is 1. The van der Waals surface area contributed by atoms with E-state index in [0.29, 0.717) is 5.71 Å². The van der Waals surface area contributed by atoms with E-state index in [2.05, 4.69) is 20.6 Å². The van der Waals surface area contributed by atoms with Gasteiger partial charge in [0.1, 0.15) is 5.75 Å². The number of nitro groups is 1. The third kappa shape index (κ3) is 4.45. The van der Waals surface area contributed by atoms with Gasteiger partial charge in [-0.25, -0.2) is 5.43 Å². The number of benzene rings is 1. The molecule has 0 bridgehead atoms. The van der Waals surface area contributed by atoms with Gasteiger partial charge in [0.05, 0.1) is 17.8 Å². The summed E-state index contributed by atoms with van der Waals surface area (Å²) in [6, 6.07) is 4.61. The normalized spacial score (nSPS) is 11.3. The van der Waals surface area contributed by atoms with Crippen molar-refractivity contribution in [3.63, 3.8) is 0 Å². The van der Waals surface area contributed by atoms with Gasteiger partial charge in [0.15, 0.2) is 0 Å². The molecule has 1 amide bonds. The van der Waals surface area contributed by atoms with Gasteiger partial charge in [-0.3, -0.25) is 4.79 Å². The molecule has 1 aromatic carbocycles. The maximum absolute atomic E-state index is 12.0. The van der Waals surface area contributed by atoms with Crippen molar-refractivity contribution in [2.24, 2.45) is 5.10 Å². The molecule has 0 saturated carbocycles. The largest absolute Gasteiger partial charge is 0.507 e. The van der Waals surface area contributed by atoms with E-state index in [1.807, 2.05) is 22.6 Å². The predicted octanol–water partition coefficient (Wildman–Crippen LogP) is 1.30. The molecule has 0 aliphatic heterocycles. The van der Waals surface area contributed by atoms with Crippen LogP contribution in [0.15, 0.2) is 29.6 Å². The highest BCUT2D eigenvalue weighted by Crippen LogP contribution is 2.19. The Morgan fingerprint density at radius 3 is 2.96 bits per heavy atom. The van der Waals surface area contributed by atoms with Crippen molar-refractivity contribution in [3.05, 3.63) is 43.8 Å². The summed E-state index contributed by atoms with van der Waals surface area (Å²) in [4.78, 5) is 25.3. The summed E-state index contributed by atoms with van der Waals surface area (Å²) in [6.07, 6.45) is 1.20. The van der Waals surface area contributed by atoms with Crippen LogP contribution in [0.4, 0.5) is 5.95 Å². The van der Waals surface area contributed by atoms with Gasteiger partial charge in [0.2, 0.25) is 6.33 Å². The first-order chi connectivity index (χ1) is 10.9. The lowest BCUT2D eigenvalue weighted by Gasteiger charge is -2.04. The van der Waals surface area contributed by atoms with E-state index in [4.69, 9.17) is 0 Å². The summed E-state index contributed by atoms with van der Waals surface area (Å²) in [5.41, 5.74) is 2.86. The quantitative estimate of drug-likeness (QED) is 0.318. The van der Waals surface area contributed by atoms with Gasteiger partial charge in [0.25, 0.3) is 5.91 Å². The molecule has 0 aliphatic rings. The van der Waals surface area contributed by atoms with Crippen LogP contribution in [0.1, 0.15) is 17.3 Å². The van der Waals surface area contributed by atoms with Crippen LogP contribution in [-0.2, 0) is 6.54 Å². The highest BCUT2D eigenvalue weighted by molar-refractivity contribution is 14.1. The minimum atomic E-state index is -0.704. The fourth-order valence-electron chi connectivity index (χ4n) is 1.61. The van der Waals surface area contributed by atoms with Gasteiger partial charge in [-0.05, 0) is 52.6 Å². The first-order valence-electron chi connectivity index (χ1n) is 6.22. The molecule has 0 fully saturated rings. The molecular weight excluding hydrogens is 419 g/mol. The van der Waals surface area contributed by atoms with E-state index < -0.39 is 16.8 Å². The minimum Gasteiger partial charge on any atom is -0.507 e. The van der Waals surface area contributed by atoms with E-state index >= 15 is 0 Å². The summed E-state index contributed by atoms with van der Waals surface area (Å²) in [7, 11) is 0. The minimum absolute atomic E-state index is 0.102. The second-order valence-corrected chi connectivity index (χ2v) is 5.69. The smallest absolute Gasteiger partial charge is 0.490 e. The van der Waals surface area contributed by atoms with Crippen LogP contribution >= 0.6 is 22.6 Å². The lowest BCUT2D eigenvalue weighted by Crippen LogP contribution is -2.21. The number of aromatic nitrogens is 3. The summed E-state index contributed by atoms with van der Waals surface area (Å²) >= 11 is 2.02. The average molecular weight is 430 g/mol. The topological polar surface area (TPSA) is 136 Å². The Morgan fingerprint density at radius 1 is 1.57 bits per heavy atom. The van der Waals surface area contributed by atoms with E-state index in [-0.39, 0.29) is 17.9 Å². The molecule has 2 N–H and O–H groups in total. The van der Waals surface area contributed by atoms with Crippen molar-refractivity contribution >= 4 is 40.2 Å². The molecular formula is C12H11IN6O4. The van der Waals surface area contributed by atoms with Crippen LogP contribution in [-0.4, -0.2) is 36.4 Å². The van der Waals surface area contributed by atoms with Crippen molar-refractivity contribution in [2.75, 3.05) is 0 Å². The van der Waals surface area contributed by atoms with Crippen molar-refractivity contribution in [3.8, 4) is 5.75 Å². The maximum atomic E-state index is 12.0. The Morgan fingerprint density at radius 2 is 2.30 bits per heavy atom. The molecule has 0 atom stereocenters. The Hall–Kier alpha value is -2.57. The number of phenols is 1. The van der Waals surface area contributed by atoms with Crippen molar-refractivity contribution < 1.29 is 14.8 Å². The molecule has 2 aromatic rings. The van der Waals surface area contributed by atoms with Gasteiger partial charge in [-0.2, -0.15) is 9.78 Å². The Bertz CT molecular complexity index is 788. The van der Waals surface area contributed by atoms with Crippen molar-refractivity contribution in [1.82, 2.24) is 20.2 Å². The number of halogens is 1. The molecule has 11 heteroatoms. The van der Waals surface area contributed by atoms with Gasteiger partial charge in [-0.1, -0.05) is 4.98 Å². The third-order valence-corrected chi connectivity index (χ3v) is 3.30. The Labute approximate surface area is 143 Å². The van der Waals surface area contributed by atoms with Crippen LogP contribution in [0, 0.1) is 13.7 Å². The second kappa shape index (κ2) is 7.13. The standard InChI is InChI=1S/C12H11IN6O4/c1-7(5-18-6-14-12(17-18)19(22)23)15-16-11(21)9-4-8(13)2-3-10(9)20/h2-4,6,20H,5H2,1H3,(H,16,21)/b15-7+. The zero-order chi connectivity index (χ0) is 17.0. The molecule has 2 rings (SSSR count). The van der Waals surface area contributed by atoms with Gasteiger partial charge in [0, 0.05) is 8.67 Å². The maximum Gasteiger partial charge on any atom is 0.490 e. The molecule has 23 heavy (non-hydrogen) atoms. The second-order valence-electron chi connectivity index (χ2n) is 4.45. The number of rotatable bonds is 5. The molecule has 0 radical (unpaired) electrons. The van der Waals surface area contributed by atoms with Gasteiger partial charge in [-0.15, -0.1) is 0 Å². The monoisotopic (exact) mass is 430 g/mol. The predicted molar refractivity (Wildman–Crippen MR) is 88.1 cm³/mol. The molecule has 0 aliphatic carbocycles. The fraction of sp³-hybridized carbons (Fsp3) is 0.167. The highest BCUT2D eigenvalue weighted by atomic mass is 127. The van der Waals surface area contributed by atoms with Crippen LogP contribution < -0.4 is 5.43 Å². The SMILES string of the molecule is C/C(Cn1cnc([N+](=O)[O-])n1)=N\NC(=O)c1cc(I)ccc1O. The summed E-state index contributed by atoms with van der Waals surface area (Å²) in [6.45, 7) is 1.74. The van der Waals surface area contributed by atoms with Crippen LogP contribution in [0.25, 0.3) is 0 Å². The number of carbonyl (C=O) groups excluding carboxylic acids is 1. The number of amides is 1. The molecule has 0 unspecified atom stereocenters. The third-order valence-electron chi connectivity index (χ3n) is 2.63. The van der Waals surface area contributed by atoms with E-state index in [1.165, 1.54) is 23.1 Å². The number of hydrogen-bond donors (Lipinski definition) is 2. The number of aromatic hydroxyl groups is 1. The zero-order valence-corrected chi connectivity index (χ0v) is 14.0. The van der Waals surface area contributed by atoms with Crippen LogP contribution in [0.5, 0.6) is 5.75 Å². The van der Waals surface area contributed by atoms with E-state index in [9.17, 15) is 20.0 Å². The highest BCUT2D eigenvalue weighted by Gasteiger charge is 2.14. The Kier molecular flexibility index (Phi) is 5.20. The van der Waals surface area contributed by atoms with Gasteiger partial charge >= 0.3 is 5.95 Å². The number of hydrazone groups is 1. The zero-order valence-electron chi connectivity index (χ0n) is 11.8. The van der Waals surface area contributed by atoms with Crippen LogP contribution in [0.3, 0.4) is 0 Å². The lowest BCUT2D eigenvalue weighted by atomic mass is 10.2. The summed E-state index contributed by atoms with van der Waals surface area (Å²) in [5.74, 6) is -1.22. The van der Waals surface area contributed by atoms with E-state index in [1.54, 1.807) is 13.0 Å². The van der Waals surface area contributed by atoms with Crippen molar-refractivity contribution in [1.29, 1.82) is 0 Å². The lowest BCUT2D eigenvalue weighted by molar-refractivity contribution is -0.394. The van der Waals surface area contributed by atoms with Gasteiger partial charge < -0.3 is 15.2 Å². The molecule has 10 nitrogen and oxygen atoms in total. The number of hydrogen-bond acceptors (Lipinski definition) is 7. The first-order valence-corrected chi connectivity index (χ1v) is 7.30. The van der Waals surface area contributed by atoms with E-state index in [0.717, 1.165) is 3.57 Å². The molecule has 120 valence electrons. The van der Waals surface area contributed by atoms with Crippen LogP contribution in [0.2, 0.25) is 0 Å². The molecule has 0 saturated heterocycles. The number of nitrogens with one attached hydrogen (secondary N) is 1. The van der Waals surface area contributed by atoms with Crippen molar-refractivity contribution in [2.45, 2.75) is 13.5 Å². The summed E-state index contributed by atoms with van der Waals surface area (Å²) < 4.78 is 2.02. The Balaban J connectivity index is 2.02.